The summed E-state index contributed by atoms with van der Waals surface area (Å²) in [6.45, 7) is 3.26. The SMILES string of the molecule is NC1CC2(C1)C1CCCN1CCN2C(=O)C1CCCC1. The van der Waals surface area contributed by atoms with E-state index >= 15 is 0 Å². The van der Waals surface area contributed by atoms with E-state index in [2.05, 4.69) is 9.80 Å². The summed E-state index contributed by atoms with van der Waals surface area (Å²) >= 11 is 0. The second-order valence-corrected chi connectivity index (χ2v) is 7.44. The van der Waals surface area contributed by atoms with E-state index in [4.69, 9.17) is 5.73 Å². The molecule has 2 heterocycles. The van der Waals surface area contributed by atoms with E-state index in [-0.39, 0.29) is 5.54 Å². The summed E-state index contributed by atoms with van der Waals surface area (Å²) in [6.07, 6.45) is 9.35. The smallest absolute Gasteiger partial charge is 0.226 e. The number of carbonyl (C=O) groups is 1. The highest BCUT2D eigenvalue weighted by Gasteiger charge is 2.58. The lowest BCUT2D eigenvalue weighted by atomic mass is 9.65. The molecular formula is C16H27N3O. The molecule has 1 unspecified atom stereocenters. The zero-order valence-electron chi connectivity index (χ0n) is 12.4. The summed E-state index contributed by atoms with van der Waals surface area (Å²) in [4.78, 5) is 17.9. The number of hydrogen-bond donors (Lipinski definition) is 1. The second-order valence-electron chi connectivity index (χ2n) is 7.44. The molecule has 4 rings (SSSR count). The molecule has 0 radical (unpaired) electrons. The van der Waals surface area contributed by atoms with E-state index < -0.39 is 0 Å². The van der Waals surface area contributed by atoms with Crippen LogP contribution in [0.1, 0.15) is 51.4 Å². The highest BCUT2D eigenvalue weighted by Crippen LogP contribution is 2.48. The molecule has 4 heteroatoms. The van der Waals surface area contributed by atoms with Crippen LogP contribution in [-0.4, -0.2) is 53.0 Å². The molecule has 1 atom stereocenters. The van der Waals surface area contributed by atoms with Gasteiger partial charge in [0, 0.05) is 31.1 Å². The minimum absolute atomic E-state index is 0.105. The van der Waals surface area contributed by atoms with Crippen molar-refractivity contribution in [1.82, 2.24) is 9.80 Å². The molecule has 0 aromatic rings. The van der Waals surface area contributed by atoms with Crippen LogP contribution in [-0.2, 0) is 4.79 Å². The van der Waals surface area contributed by atoms with Gasteiger partial charge < -0.3 is 10.6 Å². The number of fused-ring (bicyclic) bond motifs is 2. The maximum absolute atomic E-state index is 13.0. The van der Waals surface area contributed by atoms with Crippen molar-refractivity contribution in [2.75, 3.05) is 19.6 Å². The van der Waals surface area contributed by atoms with Gasteiger partial charge in [-0.25, -0.2) is 0 Å². The number of nitrogens with two attached hydrogens (primary N) is 1. The van der Waals surface area contributed by atoms with Crippen LogP contribution < -0.4 is 5.73 Å². The number of rotatable bonds is 1. The fourth-order valence-electron chi connectivity index (χ4n) is 5.40. The lowest BCUT2D eigenvalue weighted by molar-refractivity contribution is -0.159. The first-order valence-electron chi connectivity index (χ1n) is 8.52. The minimum Gasteiger partial charge on any atom is -0.334 e. The third kappa shape index (κ3) is 1.77. The molecule has 20 heavy (non-hydrogen) atoms. The van der Waals surface area contributed by atoms with E-state index in [1.165, 1.54) is 32.2 Å². The molecule has 112 valence electrons. The molecule has 1 spiro atoms. The predicted octanol–water partition coefficient (Wildman–Crippen LogP) is 1.34. The Bertz CT molecular complexity index is 399. The summed E-state index contributed by atoms with van der Waals surface area (Å²) in [5.41, 5.74) is 6.23. The van der Waals surface area contributed by atoms with Crippen molar-refractivity contribution in [3.63, 3.8) is 0 Å². The third-order valence-corrected chi connectivity index (χ3v) is 6.33. The highest BCUT2D eigenvalue weighted by atomic mass is 16.2. The largest absolute Gasteiger partial charge is 0.334 e. The second kappa shape index (κ2) is 4.70. The molecule has 2 saturated carbocycles. The van der Waals surface area contributed by atoms with Crippen molar-refractivity contribution < 1.29 is 4.79 Å². The van der Waals surface area contributed by atoms with Crippen LogP contribution in [0.4, 0.5) is 0 Å². The average molecular weight is 277 g/mol. The number of hydrogen-bond acceptors (Lipinski definition) is 3. The Kier molecular flexibility index (Phi) is 3.08. The van der Waals surface area contributed by atoms with Crippen LogP contribution in [0.5, 0.6) is 0 Å². The Labute approximate surface area is 121 Å². The van der Waals surface area contributed by atoms with Crippen LogP contribution in [0.2, 0.25) is 0 Å². The first-order chi connectivity index (χ1) is 9.71. The Balaban J connectivity index is 1.59. The average Bonchev–Trinajstić information content (AvgIpc) is 3.08. The molecular weight excluding hydrogens is 250 g/mol. The van der Waals surface area contributed by atoms with Gasteiger partial charge in [0.05, 0.1) is 5.54 Å². The Morgan fingerprint density at radius 2 is 1.75 bits per heavy atom. The molecule has 0 aromatic carbocycles. The molecule has 4 fully saturated rings. The highest BCUT2D eigenvalue weighted by molar-refractivity contribution is 5.80. The molecule has 0 bridgehead atoms. The van der Waals surface area contributed by atoms with Gasteiger partial charge in [0.2, 0.25) is 5.91 Å². The van der Waals surface area contributed by atoms with Crippen molar-refractivity contribution in [1.29, 1.82) is 0 Å². The van der Waals surface area contributed by atoms with Crippen LogP contribution in [0.3, 0.4) is 0 Å². The topological polar surface area (TPSA) is 49.6 Å². The fourth-order valence-corrected chi connectivity index (χ4v) is 5.40. The summed E-state index contributed by atoms with van der Waals surface area (Å²) in [7, 11) is 0. The molecule has 4 nitrogen and oxygen atoms in total. The molecule has 1 amide bonds. The number of nitrogens with zero attached hydrogens (tertiary/aromatic N) is 2. The van der Waals surface area contributed by atoms with Crippen molar-refractivity contribution in [3.05, 3.63) is 0 Å². The van der Waals surface area contributed by atoms with Gasteiger partial charge in [0.1, 0.15) is 0 Å². The Morgan fingerprint density at radius 3 is 2.45 bits per heavy atom. The number of amides is 1. The monoisotopic (exact) mass is 277 g/mol. The van der Waals surface area contributed by atoms with Crippen LogP contribution in [0, 0.1) is 5.92 Å². The Morgan fingerprint density at radius 1 is 1.00 bits per heavy atom. The first-order valence-corrected chi connectivity index (χ1v) is 8.52. The van der Waals surface area contributed by atoms with Crippen molar-refractivity contribution in [3.8, 4) is 0 Å². The molecule has 0 aromatic heterocycles. The van der Waals surface area contributed by atoms with Gasteiger partial charge in [0.25, 0.3) is 0 Å². The van der Waals surface area contributed by atoms with Gasteiger partial charge in [-0.3, -0.25) is 9.69 Å². The van der Waals surface area contributed by atoms with E-state index in [1.807, 2.05) is 0 Å². The fraction of sp³-hybridized carbons (Fsp3) is 0.938. The van der Waals surface area contributed by atoms with Crippen molar-refractivity contribution in [2.45, 2.75) is 69.0 Å². The normalized spacial score (nSPS) is 42.0. The molecule has 2 aliphatic heterocycles. The van der Waals surface area contributed by atoms with E-state index in [1.54, 1.807) is 0 Å². The first kappa shape index (κ1) is 13.1. The standard InChI is InChI=1S/C16H27N3O/c17-13-10-16(11-13)14-6-3-7-18(14)8-9-19(16)15(20)12-4-1-2-5-12/h12-14H,1-11,17H2. The number of carbonyl (C=O) groups excluding carboxylic acids is 1. The molecule has 2 aliphatic carbocycles. The molecule has 2 N–H and O–H groups in total. The van der Waals surface area contributed by atoms with Crippen LogP contribution >= 0.6 is 0 Å². The number of piperazine rings is 1. The predicted molar refractivity (Wildman–Crippen MR) is 78.2 cm³/mol. The van der Waals surface area contributed by atoms with Gasteiger partial charge >= 0.3 is 0 Å². The summed E-state index contributed by atoms with van der Waals surface area (Å²) < 4.78 is 0. The maximum Gasteiger partial charge on any atom is 0.226 e. The van der Waals surface area contributed by atoms with Crippen molar-refractivity contribution in [2.24, 2.45) is 11.7 Å². The van der Waals surface area contributed by atoms with Gasteiger partial charge in [-0.1, -0.05) is 12.8 Å². The van der Waals surface area contributed by atoms with Crippen molar-refractivity contribution >= 4 is 5.91 Å². The maximum atomic E-state index is 13.0. The summed E-state index contributed by atoms with van der Waals surface area (Å²) in [5.74, 6) is 0.776. The van der Waals surface area contributed by atoms with Gasteiger partial charge in [-0.05, 0) is 45.1 Å². The third-order valence-electron chi connectivity index (χ3n) is 6.33. The summed E-state index contributed by atoms with van der Waals surface area (Å²) in [5, 5.41) is 0. The minimum atomic E-state index is 0.105. The van der Waals surface area contributed by atoms with E-state index in [0.29, 0.717) is 23.9 Å². The Hall–Kier alpha value is -0.610. The van der Waals surface area contributed by atoms with E-state index in [9.17, 15) is 4.79 Å². The quantitative estimate of drug-likeness (QED) is 0.787. The van der Waals surface area contributed by atoms with E-state index in [0.717, 1.165) is 38.8 Å². The zero-order valence-corrected chi connectivity index (χ0v) is 12.4. The van der Waals surface area contributed by atoms with Crippen LogP contribution in [0.15, 0.2) is 0 Å². The lowest BCUT2D eigenvalue weighted by Gasteiger charge is -2.61. The van der Waals surface area contributed by atoms with Gasteiger partial charge in [-0.2, -0.15) is 0 Å². The molecule has 4 aliphatic rings. The van der Waals surface area contributed by atoms with Gasteiger partial charge in [-0.15, -0.1) is 0 Å². The van der Waals surface area contributed by atoms with Crippen LogP contribution in [0.25, 0.3) is 0 Å². The summed E-state index contributed by atoms with van der Waals surface area (Å²) in [6, 6.07) is 0.913. The lowest BCUT2D eigenvalue weighted by Crippen LogP contribution is -2.75. The van der Waals surface area contributed by atoms with Gasteiger partial charge in [0.15, 0.2) is 0 Å². The molecule has 2 saturated heterocycles. The zero-order chi connectivity index (χ0) is 13.7.